The Labute approximate surface area is 148 Å². The van der Waals surface area contributed by atoms with Gasteiger partial charge in [0.2, 0.25) is 0 Å². The number of rotatable bonds is 4. The maximum atomic E-state index is 13.0. The summed E-state index contributed by atoms with van der Waals surface area (Å²) in [7, 11) is 2.01. The molecule has 136 valence electrons. The van der Waals surface area contributed by atoms with Gasteiger partial charge in [0.15, 0.2) is 0 Å². The second-order valence-corrected chi connectivity index (χ2v) is 6.87. The van der Waals surface area contributed by atoms with Gasteiger partial charge in [-0.1, -0.05) is 19.3 Å². The normalized spacial score (nSPS) is 21.8. The maximum Gasteiger partial charge on any atom is 0.322 e. The second kappa shape index (κ2) is 7.82. The summed E-state index contributed by atoms with van der Waals surface area (Å²) < 4.78 is 0. The van der Waals surface area contributed by atoms with Crippen LogP contribution in [-0.2, 0) is 4.79 Å². The highest BCUT2D eigenvalue weighted by Crippen LogP contribution is 2.27. The highest BCUT2D eigenvalue weighted by atomic mass is 16.4. The standard InChI is InChI=1S/C18H26N4O3/c1-21(13-6-3-2-4-7-13)16-14(8-5-9-20-16)17(23)22-11-10-19-15(12-22)18(24)25/h5,8-9,13,15,19H,2-4,6-7,10-12H2,1H3,(H,24,25)/t15-/m0/s1. The molecule has 0 unspecified atom stereocenters. The van der Waals surface area contributed by atoms with E-state index in [1.807, 2.05) is 7.05 Å². The lowest BCUT2D eigenvalue weighted by molar-refractivity contribution is -0.140. The molecule has 7 nitrogen and oxygen atoms in total. The van der Waals surface area contributed by atoms with Crippen molar-refractivity contribution < 1.29 is 14.7 Å². The van der Waals surface area contributed by atoms with Gasteiger partial charge in [-0.2, -0.15) is 0 Å². The zero-order valence-corrected chi connectivity index (χ0v) is 14.6. The van der Waals surface area contributed by atoms with Gasteiger partial charge in [0.1, 0.15) is 11.9 Å². The molecule has 1 saturated heterocycles. The minimum absolute atomic E-state index is 0.140. The lowest BCUT2D eigenvalue weighted by atomic mass is 9.94. The molecule has 3 rings (SSSR count). The van der Waals surface area contributed by atoms with Crippen LogP contribution in [0.25, 0.3) is 0 Å². The number of nitrogens with one attached hydrogen (secondary N) is 1. The number of carbonyl (C=O) groups excluding carboxylic acids is 1. The zero-order chi connectivity index (χ0) is 17.8. The largest absolute Gasteiger partial charge is 0.480 e. The number of amides is 1. The number of carboxylic acids is 1. The number of piperazine rings is 1. The first kappa shape index (κ1) is 17.7. The Balaban J connectivity index is 1.79. The monoisotopic (exact) mass is 346 g/mol. The molecule has 1 aliphatic heterocycles. The fourth-order valence-corrected chi connectivity index (χ4v) is 3.76. The van der Waals surface area contributed by atoms with Gasteiger partial charge in [-0.05, 0) is 25.0 Å². The van der Waals surface area contributed by atoms with Crippen LogP contribution in [0.1, 0.15) is 42.5 Å². The summed E-state index contributed by atoms with van der Waals surface area (Å²) in [5.74, 6) is -0.369. The molecule has 0 bridgehead atoms. The van der Waals surface area contributed by atoms with Gasteiger partial charge in [0.05, 0.1) is 5.56 Å². The van der Waals surface area contributed by atoms with E-state index < -0.39 is 12.0 Å². The van der Waals surface area contributed by atoms with E-state index in [1.165, 1.54) is 19.3 Å². The number of aliphatic carboxylic acids is 1. The van der Waals surface area contributed by atoms with Crippen LogP contribution in [0.4, 0.5) is 5.82 Å². The van der Waals surface area contributed by atoms with Crippen molar-refractivity contribution in [2.24, 2.45) is 0 Å². The summed E-state index contributed by atoms with van der Waals surface area (Å²) in [5.41, 5.74) is 0.557. The highest BCUT2D eigenvalue weighted by Gasteiger charge is 2.31. The third-order valence-electron chi connectivity index (χ3n) is 5.23. The summed E-state index contributed by atoms with van der Waals surface area (Å²) >= 11 is 0. The molecule has 7 heteroatoms. The molecule has 1 amide bonds. The summed E-state index contributed by atoms with van der Waals surface area (Å²) in [6, 6.07) is 3.25. The Hall–Kier alpha value is -2.15. The SMILES string of the molecule is CN(c1ncccc1C(=O)N1CCN[C@H](C(=O)O)C1)C1CCCCC1. The fourth-order valence-electron chi connectivity index (χ4n) is 3.76. The van der Waals surface area contributed by atoms with E-state index in [-0.39, 0.29) is 12.5 Å². The molecular formula is C18H26N4O3. The Morgan fingerprint density at radius 1 is 1.32 bits per heavy atom. The van der Waals surface area contributed by atoms with Gasteiger partial charge < -0.3 is 20.2 Å². The van der Waals surface area contributed by atoms with Crippen molar-refractivity contribution in [3.63, 3.8) is 0 Å². The molecule has 1 atom stereocenters. The third kappa shape index (κ3) is 3.92. The summed E-state index contributed by atoms with van der Waals surface area (Å²) in [5, 5.41) is 12.1. The predicted molar refractivity (Wildman–Crippen MR) is 94.8 cm³/mol. The average molecular weight is 346 g/mol. The first-order chi connectivity index (χ1) is 12.1. The Kier molecular flexibility index (Phi) is 5.53. The van der Waals surface area contributed by atoms with Gasteiger partial charge in [0, 0.05) is 38.9 Å². The van der Waals surface area contributed by atoms with Crippen LogP contribution in [0, 0.1) is 0 Å². The lowest BCUT2D eigenvalue weighted by Crippen LogP contribution is -2.55. The van der Waals surface area contributed by atoms with Gasteiger partial charge >= 0.3 is 5.97 Å². The molecule has 1 aromatic rings. The summed E-state index contributed by atoms with van der Waals surface area (Å²) in [4.78, 5) is 32.4. The van der Waals surface area contributed by atoms with Crippen molar-refractivity contribution in [1.82, 2.24) is 15.2 Å². The molecule has 2 heterocycles. The third-order valence-corrected chi connectivity index (χ3v) is 5.23. The minimum Gasteiger partial charge on any atom is -0.480 e. The maximum absolute atomic E-state index is 13.0. The van der Waals surface area contributed by atoms with Crippen molar-refractivity contribution in [3.05, 3.63) is 23.9 Å². The van der Waals surface area contributed by atoms with Crippen molar-refractivity contribution in [3.8, 4) is 0 Å². The van der Waals surface area contributed by atoms with Gasteiger partial charge in [-0.3, -0.25) is 9.59 Å². The topological polar surface area (TPSA) is 85.8 Å². The van der Waals surface area contributed by atoms with E-state index in [4.69, 9.17) is 0 Å². The van der Waals surface area contributed by atoms with E-state index in [0.717, 1.165) is 12.8 Å². The summed E-state index contributed by atoms with van der Waals surface area (Å²) in [6.07, 6.45) is 7.65. The Bertz CT molecular complexity index is 631. The number of nitrogens with zero attached hydrogens (tertiary/aromatic N) is 3. The van der Waals surface area contributed by atoms with E-state index in [1.54, 1.807) is 23.2 Å². The van der Waals surface area contributed by atoms with Crippen LogP contribution < -0.4 is 10.2 Å². The Morgan fingerprint density at radius 2 is 2.08 bits per heavy atom. The number of hydrogen-bond donors (Lipinski definition) is 2. The van der Waals surface area contributed by atoms with Gasteiger partial charge in [0.25, 0.3) is 5.91 Å². The van der Waals surface area contributed by atoms with Crippen LogP contribution in [-0.4, -0.2) is 65.6 Å². The van der Waals surface area contributed by atoms with Crippen molar-refractivity contribution in [1.29, 1.82) is 0 Å². The predicted octanol–water partition coefficient (Wildman–Crippen LogP) is 1.35. The van der Waals surface area contributed by atoms with Crippen LogP contribution in [0.15, 0.2) is 18.3 Å². The molecule has 0 aromatic carbocycles. The van der Waals surface area contributed by atoms with E-state index >= 15 is 0 Å². The molecule has 2 fully saturated rings. The molecule has 25 heavy (non-hydrogen) atoms. The molecule has 2 N–H and O–H groups in total. The fraction of sp³-hybridized carbons (Fsp3) is 0.611. The van der Waals surface area contributed by atoms with Gasteiger partial charge in [-0.25, -0.2) is 4.98 Å². The van der Waals surface area contributed by atoms with E-state index in [2.05, 4.69) is 15.2 Å². The smallest absolute Gasteiger partial charge is 0.322 e. The first-order valence-electron chi connectivity index (χ1n) is 9.01. The van der Waals surface area contributed by atoms with Crippen LogP contribution in [0.2, 0.25) is 0 Å². The quantitative estimate of drug-likeness (QED) is 0.856. The lowest BCUT2D eigenvalue weighted by Gasteiger charge is -2.35. The van der Waals surface area contributed by atoms with E-state index in [0.29, 0.717) is 30.5 Å². The van der Waals surface area contributed by atoms with E-state index in [9.17, 15) is 14.7 Å². The number of aromatic nitrogens is 1. The van der Waals surface area contributed by atoms with Crippen molar-refractivity contribution in [2.45, 2.75) is 44.2 Å². The van der Waals surface area contributed by atoms with Crippen LogP contribution in [0.3, 0.4) is 0 Å². The number of hydrogen-bond acceptors (Lipinski definition) is 5. The molecule has 1 aliphatic carbocycles. The molecule has 2 aliphatic rings. The van der Waals surface area contributed by atoms with Crippen LogP contribution in [0.5, 0.6) is 0 Å². The Morgan fingerprint density at radius 3 is 2.80 bits per heavy atom. The molecule has 0 spiro atoms. The van der Waals surface area contributed by atoms with Gasteiger partial charge in [-0.15, -0.1) is 0 Å². The van der Waals surface area contributed by atoms with Crippen molar-refractivity contribution >= 4 is 17.7 Å². The highest BCUT2D eigenvalue weighted by molar-refractivity contribution is 5.99. The average Bonchev–Trinajstić information content (AvgIpc) is 2.67. The minimum atomic E-state index is -0.928. The number of carboxylic acid groups (broad SMARTS) is 1. The van der Waals surface area contributed by atoms with Crippen LogP contribution >= 0.6 is 0 Å². The summed E-state index contributed by atoms with van der Waals surface area (Å²) in [6.45, 7) is 1.16. The number of carbonyl (C=O) groups is 2. The molecule has 1 saturated carbocycles. The number of anilines is 1. The molecule has 1 aromatic heterocycles. The molecular weight excluding hydrogens is 320 g/mol. The van der Waals surface area contributed by atoms with Crippen molar-refractivity contribution in [2.75, 3.05) is 31.6 Å². The molecule has 0 radical (unpaired) electrons. The first-order valence-corrected chi connectivity index (χ1v) is 9.01. The zero-order valence-electron chi connectivity index (χ0n) is 14.6. The number of pyridine rings is 1. The second-order valence-electron chi connectivity index (χ2n) is 6.87.